The van der Waals surface area contributed by atoms with Gasteiger partial charge in [0.05, 0.1) is 11.5 Å². The predicted octanol–water partition coefficient (Wildman–Crippen LogP) is 9.24. The van der Waals surface area contributed by atoms with Crippen molar-refractivity contribution in [2.24, 2.45) is 0 Å². The van der Waals surface area contributed by atoms with E-state index in [9.17, 15) is 8.42 Å². The number of sulfone groups is 1. The summed E-state index contributed by atoms with van der Waals surface area (Å²) < 4.78 is 25.0. The highest BCUT2D eigenvalue weighted by Gasteiger charge is 2.08. The van der Waals surface area contributed by atoms with Crippen molar-refractivity contribution in [3.05, 3.63) is 69.9 Å². The van der Waals surface area contributed by atoms with Crippen molar-refractivity contribution >= 4 is 9.84 Å². The summed E-state index contributed by atoms with van der Waals surface area (Å²) in [6, 6.07) is 0. The normalized spacial score (nSPS) is 15.4. The molecule has 0 aromatic carbocycles. The lowest BCUT2D eigenvalue weighted by molar-refractivity contribution is 0.601. The van der Waals surface area contributed by atoms with Gasteiger partial charge in [0.15, 0.2) is 9.84 Å². The van der Waals surface area contributed by atoms with E-state index in [-0.39, 0.29) is 11.5 Å². The Bertz CT molecular complexity index is 793. The van der Waals surface area contributed by atoms with E-state index in [2.05, 4.69) is 65.8 Å². The van der Waals surface area contributed by atoms with Gasteiger partial charge in [0.2, 0.25) is 0 Å². The second kappa shape index (κ2) is 17.8. The topological polar surface area (TPSA) is 34.1 Å². The van der Waals surface area contributed by atoms with Crippen LogP contribution in [0.25, 0.3) is 0 Å². The number of hydrogen-bond acceptors (Lipinski definition) is 2. The van der Waals surface area contributed by atoms with Gasteiger partial charge >= 0.3 is 0 Å². The molecule has 2 nitrogen and oxygen atoms in total. The van der Waals surface area contributed by atoms with Gasteiger partial charge in [-0.2, -0.15) is 0 Å². The molecule has 0 N–H and O–H groups in total. The Balaban J connectivity index is 4.61. The highest BCUT2D eigenvalue weighted by atomic mass is 32.2. The maximum atomic E-state index is 12.5. The van der Waals surface area contributed by atoms with Gasteiger partial charge < -0.3 is 0 Å². The first-order valence-corrected chi connectivity index (χ1v) is 14.4. The summed E-state index contributed by atoms with van der Waals surface area (Å²) in [6.45, 7) is 17.0. The lowest BCUT2D eigenvalue weighted by Gasteiger charge is -2.05. The molecule has 188 valence electrons. The second-order valence-electron chi connectivity index (χ2n) is 9.63. The van der Waals surface area contributed by atoms with Crippen LogP contribution in [0.1, 0.15) is 107 Å². The van der Waals surface area contributed by atoms with Crippen molar-refractivity contribution in [1.82, 2.24) is 0 Å². The van der Waals surface area contributed by atoms with Gasteiger partial charge in [0.25, 0.3) is 0 Å². The Kier molecular flexibility index (Phi) is 16.9. The summed E-state index contributed by atoms with van der Waals surface area (Å²) in [5.41, 5.74) is 7.74. The third kappa shape index (κ3) is 18.5. The third-order valence-corrected chi connectivity index (χ3v) is 7.00. The van der Waals surface area contributed by atoms with Crippen LogP contribution in [-0.2, 0) is 9.84 Å². The van der Waals surface area contributed by atoms with Crippen LogP contribution >= 0.6 is 0 Å². The number of rotatable bonds is 16. The number of allylic oxidation sites excluding steroid dienone is 10. The van der Waals surface area contributed by atoms with Gasteiger partial charge in [0, 0.05) is 0 Å². The molecule has 0 aliphatic carbocycles. The fourth-order valence-electron chi connectivity index (χ4n) is 3.77. The molecule has 0 atom stereocenters. The molecule has 0 spiro atoms. The molecule has 33 heavy (non-hydrogen) atoms. The molecule has 0 bridgehead atoms. The second-order valence-corrected chi connectivity index (χ2v) is 11.8. The van der Waals surface area contributed by atoms with E-state index >= 15 is 0 Å². The van der Waals surface area contributed by atoms with E-state index in [1.165, 1.54) is 22.3 Å². The third-order valence-electron chi connectivity index (χ3n) is 5.65. The van der Waals surface area contributed by atoms with Crippen LogP contribution in [-0.4, -0.2) is 19.9 Å². The molecule has 0 saturated heterocycles. The molecule has 0 saturated carbocycles. The summed E-state index contributed by atoms with van der Waals surface area (Å²) in [4.78, 5) is 0. The highest BCUT2D eigenvalue weighted by molar-refractivity contribution is 7.91. The van der Waals surface area contributed by atoms with E-state index in [4.69, 9.17) is 0 Å². The summed E-state index contributed by atoms with van der Waals surface area (Å²) >= 11 is 0. The van der Waals surface area contributed by atoms with Crippen molar-refractivity contribution in [1.29, 1.82) is 0 Å². The Morgan fingerprint density at radius 2 is 0.848 bits per heavy atom. The Morgan fingerprint density at radius 3 is 1.18 bits per heavy atom. The zero-order valence-electron chi connectivity index (χ0n) is 22.8. The first-order valence-electron chi connectivity index (χ1n) is 12.6. The molecule has 3 heteroatoms. The molecule has 0 aliphatic rings. The van der Waals surface area contributed by atoms with E-state index in [1.807, 2.05) is 26.0 Å². The standard InChI is InChI=1S/C30H50O2S/c1-9-13-25(3)15-11-17-27(5)23-29(7)19-21-33(31,32)22-20-30(8)24-28(6)18-12-16-26(4)14-10-2/h13-14,17-20H,9-12,15-16,21-24H2,1-8H3/b25-13+,26-14+,27-17+,28-18+,29-19+,30-20+. The summed E-state index contributed by atoms with van der Waals surface area (Å²) in [5, 5.41) is 0. The van der Waals surface area contributed by atoms with Crippen LogP contribution in [0.3, 0.4) is 0 Å². The molecule has 0 aliphatic heterocycles. The van der Waals surface area contributed by atoms with Crippen LogP contribution in [0.15, 0.2) is 69.9 Å². The zero-order chi connectivity index (χ0) is 25.3. The summed E-state index contributed by atoms with van der Waals surface area (Å²) in [5.74, 6) is 0.234. The van der Waals surface area contributed by atoms with E-state index in [0.29, 0.717) is 0 Å². The number of hydrogen-bond donors (Lipinski definition) is 0. The molecular weight excluding hydrogens is 424 g/mol. The van der Waals surface area contributed by atoms with Crippen molar-refractivity contribution in [3.8, 4) is 0 Å². The van der Waals surface area contributed by atoms with Crippen molar-refractivity contribution in [2.45, 2.75) is 107 Å². The summed E-state index contributed by atoms with van der Waals surface area (Å²) in [7, 11) is -3.12. The molecule has 0 radical (unpaired) electrons. The quantitative estimate of drug-likeness (QED) is 0.209. The minimum atomic E-state index is -3.12. The van der Waals surface area contributed by atoms with Crippen LogP contribution in [0, 0.1) is 0 Å². The van der Waals surface area contributed by atoms with Crippen molar-refractivity contribution in [2.75, 3.05) is 11.5 Å². The predicted molar refractivity (Wildman–Crippen MR) is 149 cm³/mol. The average Bonchev–Trinajstić information content (AvgIpc) is 2.71. The first kappa shape index (κ1) is 31.4. The van der Waals surface area contributed by atoms with Gasteiger partial charge in [-0.25, -0.2) is 8.42 Å². The van der Waals surface area contributed by atoms with E-state index in [1.54, 1.807) is 0 Å². The van der Waals surface area contributed by atoms with E-state index < -0.39 is 9.84 Å². The molecule has 0 rings (SSSR count). The van der Waals surface area contributed by atoms with Gasteiger partial charge in [-0.1, -0.05) is 83.7 Å². The summed E-state index contributed by atoms with van der Waals surface area (Å²) in [6.07, 6.45) is 21.0. The Labute approximate surface area is 206 Å². The lowest BCUT2D eigenvalue weighted by Crippen LogP contribution is -2.08. The van der Waals surface area contributed by atoms with Gasteiger partial charge in [0.1, 0.15) is 0 Å². The largest absolute Gasteiger partial charge is 0.228 e. The molecule has 0 aromatic heterocycles. The van der Waals surface area contributed by atoms with Crippen LogP contribution in [0.5, 0.6) is 0 Å². The minimum absolute atomic E-state index is 0.117. The molecule has 0 unspecified atom stereocenters. The van der Waals surface area contributed by atoms with Crippen LogP contribution in [0.4, 0.5) is 0 Å². The van der Waals surface area contributed by atoms with Gasteiger partial charge in [-0.15, -0.1) is 0 Å². The first-order chi connectivity index (χ1) is 15.5. The minimum Gasteiger partial charge on any atom is -0.228 e. The average molecular weight is 475 g/mol. The molecular formula is C30H50O2S. The van der Waals surface area contributed by atoms with Crippen LogP contribution < -0.4 is 0 Å². The Hall–Kier alpha value is -1.61. The zero-order valence-corrected chi connectivity index (χ0v) is 23.6. The highest BCUT2D eigenvalue weighted by Crippen LogP contribution is 2.15. The van der Waals surface area contributed by atoms with E-state index in [0.717, 1.165) is 62.5 Å². The molecule has 0 aromatic rings. The molecule has 0 fully saturated rings. The fourth-order valence-corrected chi connectivity index (χ4v) is 4.98. The fraction of sp³-hybridized carbons (Fsp3) is 0.600. The SMILES string of the molecule is CC/C=C(\C)CC/C=C(\C)C/C(C)=C/CS(=O)(=O)C/C=C(\C)C/C(C)=C/CC/C(C)=C/CC. The lowest BCUT2D eigenvalue weighted by atomic mass is 10.0. The molecule has 0 amide bonds. The Morgan fingerprint density at radius 1 is 0.515 bits per heavy atom. The van der Waals surface area contributed by atoms with Crippen molar-refractivity contribution in [3.63, 3.8) is 0 Å². The van der Waals surface area contributed by atoms with Crippen molar-refractivity contribution < 1.29 is 8.42 Å². The maximum absolute atomic E-state index is 12.5. The van der Waals surface area contributed by atoms with Crippen LogP contribution in [0.2, 0.25) is 0 Å². The maximum Gasteiger partial charge on any atom is 0.157 e. The van der Waals surface area contributed by atoms with Gasteiger partial charge in [-0.3, -0.25) is 0 Å². The monoisotopic (exact) mass is 474 g/mol. The molecule has 0 heterocycles. The smallest absolute Gasteiger partial charge is 0.157 e. The van der Waals surface area contributed by atoms with Gasteiger partial charge in [-0.05, 0) is 92.9 Å².